The van der Waals surface area contributed by atoms with E-state index in [1.165, 1.54) is 0 Å². The van der Waals surface area contributed by atoms with Gasteiger partial charge in [0.2, 0.25) is 0 Å². The van der Waals surface area contributed by atoms with E-state index in [1.54, 1.807) is 55.6 Å². The zero-order valence-corrected chi connectivity index (χ0v) is 19.2. The molecule has 0 bridgehead atoms. The van der Waals surface area contributed by atoms with Gasteiger partial charge in [0.25, 0.3) is 0 Å². The van der Waals surface area contributed by atoms with E-state index in [0.717, 1.165) is 29.1 Å². The molecule has 0 aromatic heterocycles. The lowest BCUT2D eigenvalue weighted by molar-refractivity contribution is 0.0850. The van der Waals surface area contributed by atoms with Crippen LogP contribution >= 0.6 is 23.5 Å². The minimum absolute atomic E-state index is 0.0625. The van der Waals surface area contributed by atoms with E-state index >= 15 is 0 Å². The second-order valence-electron chi connectivity index (χ2n) is 6.57. The van der Waals surface area contributed by atoms with Gasteiger partial charge in [0.15, 0.2) is 0 Å². The monoisotopic (exact) mass is 466 g/mol. The fourth-order valence-electron chi connectivity index (χ4n) is 2.28. The van der Waals surface area contributed by atoms with Gasteiger partial charge in [-0.1, -0.05) is 19.1 Å². The maximum absolute atomic E-state index is 12.0. The number of hydrogen-bond donors (Lipinski definition) is 1. The Kier molecular flexibility index (Phi) is 10.7. The van der Waals surface area contributed by atoms with Crippen LogP contribution in [0.2, 0.25) is 0 Å². The molecule has 168 valence electrons. The maximum Gasteiger partial charge on any atom is 0.373 e. The van der Waals surface area contributed by atoms with E-state index in [1.807, 2.05) is 13.8 Å². The predicted molar refractivity (Wildman–Crippen MR) is 122 cm³/mol. The molecule has 9 heteroatoms. The van der Waals surface area contributed by atoms with Gasteiger partial charge in [-0.15, -0.1) is 0 Å². The van der Waals surface area contributed by atoms with Crippen molar-refractivity contribution in [2.75, 3.05) is 19.5 Å². The summed E-state index contributed by atoms with van der Waals surface area (Å²) in [5, 5.41) is 8.06. The highest BCUT2D eigenvalue weighted by molar-refractivity contribution is 8.13. The van der Waals surface area contributed by atoms with Crippen LogP contribution in [0, 0.1) is 0 Å². The average Bonchev–Trinajstić information content (AvgIpc) is 2.77. The number of hydrogen-bond acceptors (Lipinski definition) is 9. The Morgan fingerprint density at radius 1 is 0.903 bits per heavy atom. The molecule has 0 radical (unpaired) electrons. The van der Waals surface area contributed by atoms with Crippen molar-refractivity contribution < 1.29 is 33.6 Å². The minimum atomic E-state index is -0.432. The normalized spacial score (nSPS) is 12.6. The summed E-state index contributed by atoms with van der Waals surface area (Å²) in [5.41, 5.74) is 0.744. The van der Waals surface area contributed by atoms with Crippen molar-refractivity contribution in [1.29, 1.82) is 0 Å². The molecule has 0 fully saturated rings. The third kappa shape index (κ3) is 9.65. The third-order valence-corrected chi connectivity index (χ3v) is 5.69. The van der Waals surface area contributed by atoms with Gasteiger partial charge in [0, 0.05) is 11.0 Å². The maximum atomic E-state index is 12.0. The summed E-state index contributed by atoms with van der Waals surface area (Å²) < 4.78 is 21.3. The SMILES string of the molecule is COc1ccc(OC(=O)SCC(C)OCC(C)SC(=O)Oc2ccc(CO)cc2)cc1. The van der Waals surface area contributed by atoms with E-state index in [0.29, 0.717) is 29.6 Å². The van der Waals surface area contributed by atoms with Gasteiger partial charge in [-0.2, -0.15) is 0 Å². The van der Waals surface area contributed by atoms with Crippen LogP contribution < -0.4 is 14.2 Å². The second kappa shape index (κ2) is 13.3. The number of aliphatic hydroxyl groups excluding tert-OH is 1. The van der Waals surface area contributed by atoms with Crippen LogP contribution in [0.3, 0.4) is 0 Å². The van der Waals surface area contributed by atoms with Gasteiger partial charge in [-0.05, 0) is 72.4 Å². The van der Waals surface area contributed by atoms with Gasteiger partial charge < -0.3 is 24.1 Å². The van der Waals surface area contributed by atoms with Crippen molar-refractivity contribution in [2.24, 2.45) is 0 Å². The number of carbonyl (C=O) groups excluding carboxylic acids is 2. The van der Waals surface area contributed by atoms with Gasteiger partial charge in [-0.25, -0.2) is 9.59 Å². The molecule has 0 saturated heterocycles. The van der Waals surface area contributed by atoms with Gasteiger partial charge in [0.1, 0.15) is 17.2 Å². The number of methoxy groups -OCH3 is 1. The van der Waals surface area contributed by atoms with E-state index < -0.39 is 10.6 Å². The lowest BCUT2D eigenvalue weighted by Crippen LogP contribution is -2.20. The first-order chi connectivity index (χ1) is 14.9. The van der Waals surface area contributed by atoms with Crippen LogP contribution in [0.4, 0.5) is 9.59 Å². The van der Waals surface area contributed by atoms with Crippen LogP contribution in [0.25, 0.3) is 0 Å². The lowest BCUT2D eigenvalue weighted by atomic mass is 10.2. The highest BCUT2D eigenvalue weighted by Crippen LogP contribution is 2.21. The van der Waals surface area contributed by atoms with Crippen molar-refractivity contribution >= 4 is 34.1 Å². The number of thioether (sulfide) groups is 2. The standard InChI is InChI=1S/C22H26O7S2/c1-15(14-30-21(24)28-20-10-8-18(26-3)9-11-20)27-13-16(2)31-22(25)29-19-6-4-17(12-23)5-7-19/h4-11,15-16,23H,12-14H2,1-3H3. The molecule has 0 saturated carbocycles. The Bertz CT molecular complexity index is 825. The molecular formula is C22H26O7S2. The molecule has 0 spiro atoms. The van der Waals surface area contributed by atoms with Gasteiger partial charge in [-0.3, -0.25) is 0 Å². The smallest absolute Gasteiger partial charge is 0.373 e. The molecule has 1 N–H and O–H groups in total. The molecule has 0 heterocycles. The van der Waals surface area contributed by atoms with Crippen molar-refractivity contribution in [3.8, 4) is 17.2 Å². The molecule has 0 amide bonds. The first-order valence-electron chi connectivity index (χ1n) is 9.58. The first-order valence-corrected chi connectivity index (χ1v) is 11.4. The molecule has 2 aromatic rings. The number of benzene rings is 2. The summed E-state index contributed by atoms with van der Waals surface area (Å²) in [6, 6.07) is 13.4. The number of rotatable bonds is 10. The predicted octanol–water partition coefficient (Wildman–Crippen LogP) is 5.15. The van der Waals surface area contributed by atoms with Crippen molar-refractivity contribution in [2.45, 2.75) is 31.8 Å². The molecule has 2 unspecified atom stereocenters. The lowest BCUT2D eigenvalue weighted by Gasteiger charge is -2.16. The summed E-state index contributed by atoms with van der Waals surface area (Å²) >= 11 is 2.06. The van der Waals surface area contributed by atoms with E-state index in [2.05, 4.69) is 0 Å². The summed E-state index contributed by atoms with van der Waals surface area (Å²) in [7, 11) is 1.57. The van der Waals surface area contributed by atoms with Crippen LogP contribution in [0.1, 0.15) is 19.4 Å². The molecule has 2 atom stereocenters. The van der Waals surface area contributed by atoms with E-state index in [9.17, 15) is 9.59 Å². The molecule has 2 aromatic carbocycles. The Hall–Kier alpha value is -2.20. The number of aliphatic hydroxyl groups is 1. The summed E-state index contributed by atoms with van der Waals surface area (Å²) in [4.78, 5) is 24.0. The van der Waals surface area contributed by atoms with E-state index in [4.69, 9.17) is 24.1 Å². The zero-order valence-electron chi connectivity index (χ0n) is 17.6. The van der Waals surface area contributed by atoms with Crippen LogP contribution in [0.5, 0.6) is 17.2 Å². The van der Waals surface area contributed by atoms with Crippen molar-refractivity contribution in [3.63, 3.8) is 0 Å². The zero-order chi connectivity index (χ0) is 22.6. The van der Waals surface area contributed by atoms with Gasteiger partial charge in [0.05, 0.1) is 26.4 Å². The Balaban J connectivity index is 1.63. The molecule has 0 aliphatic rings. The highest BCUT2D eigenvalue weighted by Gasteiger charge is 2.15. The average molecular weight is 467 g/mol. The first kappa shape index (κ1) is 25.1. The summed E-state index contributed by atoms with van der Waals surface area (Å²) in [6.45, 7) is 3.98. The summed E-state index contributed by atoms with van der Waals surface area (Å²) in [5.74, 6) is 1.97. The topological polar surface area (TPSA) is 91.3 Å². The molecule has 2 rings (SSSR count). The third-order valence-electron chi connectivity index (χ3n) is 3.92. The fraction of sp³-hybridized carbons (Fsp3) is 0.364. The Morgan fingerprint density at radius 3 is 2.03 bits per heavy atom. The quantitative estimate of drug-likeness (QED) is 0.478. The molecule has 0 aliphatic carbocycles. The van der Waals surface area contributed by atoms with Crippen molar-refractivity contribution in [3.05, 3.63) is 54.1 Å². The van der Waals surface area contributed by atoms with Crippen molar-refractivity contribution in [1.82, 2.24) is 0 Å². The number of carbonyl (C=O) groups is 2. The van der Waals surface area contributed by atoms with Crippen LogP contribution in [-0.4, -0.2) is 46.5 Å². The molecule has 31 heavy (non-hydrogen) atoms. The molecule has 0 aliphatic heterocycles. The number of ether oxygens (including phenoxy) is 4. The summed E-state index contributed by atoms with van der Waals surface area (Å²) in [6.07, 6.45) is -0.196. The van der Waals surface area contributed by atoms with Crippen LogP contribution in [-0.2, 0) is 11.3 Å². The molecular weight excluding hydrogens is 440 g/mol. The minimum Gasteiger partial charge on any atom is -0.497 e. The van der Waals surface area contributed by atoms with Gasteiger partial charge >= 0.3 is 10.6 Å². The fourth-order valence-corrected chi connectivity index (χ4v) is 3.53. The Labute approximate surface area is 190 Å². The largest absolute Gasteiger partial charge is 0.497 e. The highest BCUT2D eigenvalue weighted by atomic mass is 32.2. The molecule has 7 nitrogen and oxygen atoms in total. The van der Waals surface area contributed by atoms with Crippen LogP contribution in [0.15, 0.2) is 48.5 Å². The second-order valence-corrected chi connectivity index (χ2v) is 8.89. The Morgan fingerprint density at radius 2 is 1.45 bits per heavy atom. The van der Waals surface area contributed by atoms with E-state index in [-0.39, 0.29) is 18.0 Å².